The number of morpholine rings is 1. The lowest BCUT2D eigenvalue weighted by atomic mass is 10.1. The van der Waals surface area contributed by atoms with Crippen LogP contribution in [-0.2, 0) is 11.2 Å². The lowest BCUT2D eigenvalue weighted by molar-refractivity contribution is -0.0209. The molecule has 0 spiro atoms. The van der Waals surface area contributed by atoms with Gasteiger partial charge in [-0.25, -0.2) is 4.98 Å². The Morgan fingerprint density at radius 2 is 2.16 bits per heavy atom. The molecule has 0 saturated carbocycles. The van der Waals surface area contributed by atoms with E-state index in [1.54, 1.807) is 13.3 Å². The zero-order valence-corrected chi connectivity index (χ0v) is 15.3. The lowest BCUT2D eigenvalue weighted by Gasteiger charge is -2.33. The van der Waals surface area contributed by atoms with E-state index in [0.29, 0.717) is 25.3 Å². The molecule has 6 heteroatoms. The molecular formula is C19H22N2O3S. The van der Waals surface area contributed by atoms with Gasteiger partial charge in [0.2, 0.25) is 0 Å². The van der Waals surface area contributed by atoms with Crippen LogP contribution in [0.1, 0.15) is 15.9 Å². The van der Waals surface area contributed by atoms with Crippen LogP contribution in [0.2, 0.25) is 0 Å². The molecule has 1 unspecified atom stereocenters. The molecule has 1 aliphatic heterocycles. The summed E-state index contributed by atoms with van der Waals surface area (Å²) in [6, 6.07) is 11.6. The normalized spacial score (nSPS) is 17.4. The number of hydrogen-bond donors (Lipinski definition) is 0. The zero-order valence-electron chi connectivity index (χ0n) is 14.5. The fourth-order valence-corrected chi connectivity index (χ4v) is 3.48. The molecule has 2 aromatic rings. The number of benzene rings is 1. The summed E-state index contributed by atoms with van der Waals surface area (Å²) in [4.78, 5) is 19.0. The fraction of sp³-hybridized carbons (Fsp3) is 0.368. The van der Waals surface area contributed by atoms with Gasteiger partial charge in [0.1, 0.15) is 10.8 Å². The number of carbonyl (C=O) groups is 1. The first-order chi connectivity index (χ1) is 12.2. The molecule has 1 aromatic heterocycles. The van der Waals surface area contributed by atoms with Crippen molar-refractivity contribution >= 4 is 17.7 Å². The molecule has 2 heterocycles. The molecule has 0 bridgehead atoms. The van der Waals surface area contributed by atoms with Crippen molar-refractivity contribution in [2.24, 2.45) is 0 Å². The number of rotatable bonds is 5. The first-order valence-corrected chi connectivity index (χ1v) is 9.46. The van der Waals surface area contributed by atoms with Crippen molar-refractivity contribution in [1.82, 2.24) is 9.88 Å². The summed E-state index contributed by atoms with van der Waals surface area (Å²) in [5.74, 6) is 0.867. The van der Waals surface area contributed by atoms with E-state index in [1.807, 2.05) is 47.6 Å². The largest absolute Gasteiger partial charge is 0.497 e. The molecule has 1 aliphatic rings. The summed E-state index contributed by atoms with van der Waals surface area (Å²) >= 11 is 1.49. The lowest BCUT2D eigenvalue weighted by Crippen LogP contribution is -2.46. The van der Waals surface area contributed by atoms with Crippen molar-refractivity contribution in [3.05, 3.63) is 53.7 Å². The van der Waals surface area contributed by atoms with Crippen LogP contribution in [0, 0.1) is 0 Å². The maximum atomic E-state index is 12.9. The smallest absolute Gasteiger partial charge is 0.256 e. The first-order valence-electron chi connectivity index (χ1n) is 8.24. The van der Waals surface area contributed by atoms with E-state index in [-0.39, 0.29) is 12.0 Å². The van der Waals surface area contributed by atoms with Gasteiger partial charge >= 0.3 is 0 Å². The van der Waals surface area contributed by atoms with E-state index < -0.39 is 0 Å². The Morgan fingerprint density at radius 1 is 1.36 bits per heavy atom. The number of carbonyl (C=O) groups excluding carboxylic acids is 1. The van der Waals surface area contributed by atoms with Crippen LogP contribution >= 0.6 is 11.8 Å². The summed E-state index contributed by atoms with van der Waals surface area (Å²) in [7, 11) is 1.66. The average molecular weight is 358 g/mol. The van der Waals surface area contributed by atoms with Crippen molar-refractivity contribution in [2.75, 3.05) is 33.1 Å². The van der Waals surface area contributed by atoms with Gasteiger partial charge in [-0.05, 0) is 36.1 Å². The average Bonchev–Trinajstić information content (AvgIpc) is 2.68. The predicted molar refractivity (Wildman–Crippen MR) is 98.4 cm³/mol. The van der Waals surface area contributed by atoms with E-state index in [9.17, 15) is 4.79 Å². The predicted octanol–water partition coefficient (Wildman–Crippen LogP) is 2.90. The second kappa shape index (κ2) is 8.36. The number of aromatic nitrogens is 1. The van der Waals surface area contributed by atoms with Crippen molar-refractivity contribution in [2.45, 2.75) is 17.6 Å². The third kappa shape index (κ3) is 4.32. The SMILES string of the molecule is COc1ccc(CC2CN(C(=O)c3cccnc3SC)CCO2)cc1. The molecule has 1 amide bonds. The maximum absolute atomic E-state index is 12.9. The van der Waals surface area contributed by atoms with E-state index in [0.717, 1.165) is 17.2 Å². The molecule has 0 radical (unpaired) electrons. The molecule has 132 valence electrons. The van der Waals surface area contributed by atoms with Gasteiger partial charge in [-0.1, -0.05) is 12.1 Å². The van der Waals surface area contributed by atoms with Gasteiger partial charge in [-0.2, -0.15) is 0 Å². The zero-order chi connectivity index (χ0) is 17.6. The Labute approximate surface area is 152 Å². The van der Waals surface area contributed by atoms with Crippen molar-refractivity contribution in [3.8, 4) is 5.75 Å². The molecule has 1 atom stereocenters. The van der Waals surface area contributed by atoms with E-state index in [1.165, 1.54) is 17.3 Å². The van der Waals surface area contributed by atoms with Gasteiger partial charge in [-0.3, -0.25) is 4.79 Å². The van der Waals surface area contributed by atoms with Gasteiger partial charge in [0.25, 0.3) is 5.91 Å². The first kappa shape index (κ1) is 17.8. The molecular weight excluding hydrogens is 336 g/mol. The molecule has 5 nitrogen and oxygen atoms in total. The van der Waals surface area contributed by atoms with Crippen molar-refractivity contribution in [1.29, 1.82) is 0 Å². The molecule has 3 rings (SSSR count). The number of amides is 1. The highest BCUT2D eigenvalue weighted by Crippen LogP contribution is 2.21. The highest BCUT2D eigenvalue weighted by molar-refractivity contribution is 7.98. The molecule has 0 aliphatic carbocycles. The summed E-state index contributed by atoms with van der Waals surface area (Å²) in [5.41, 5.74) is 1.84. The number of pyridine rings is 1. The Balaban J connectivity index is 1.66. The number of ether oxygens (including phenoxy) is 2. The van der Waals surface area contributed by atoms with E-state index in [2.05, 4.69) is 4.98 Å². The van der Waals surface area contributed by atoms with Gasteiger partial charge in [0, 0.05) is 25.7 Å². The Kier molecular flexibility index (Phi) is 5.94. The van der Waals surface area contributed by atoms with E-state index >= 15 is 0 Å². The van der Waals surface area contributed by atoms with Crippen LogP contribution in [-0.4, -0.2) is 55.0 Å². The van der Waals surface area contributed by atoms with Crippen LogP contribution in [0.4, 0.5) is 0 Å². The fourth-order valence-electron chi connectivity index (χ4n) is 2.94. The Bertz CT molecular complexity index is 721. The summed E-state index contributed by atoms with van der Waals surface area (Å²) in [6.45, 7) is 1.76. The molecule has 1 saturated heterocycles. The summed E-state index contributed by atoms with van der Waals surface area (Å²) in [5, 5.41) is 0.769. The van der Waals surface area contributed by atoms with Crippen molar-refractivity contribution in [3.63, 3.8) is 0 Å². The van der Waals surface area contributed by atoms with Crippen molar-refractivity contribution < 1.29 is 14.3 Å². The minimum absolute atomic E-state index is 0.000459. The second-order valence-electron chi connectivity index (χ2n) is 5.86. The van der Waals surface area contributed by atoms with Gasteiger partial charge in [-0.15, -0.1) is 11.8 Å². The molecule has 0 N–H and O–H groups in total. The van der Waals surface area contributed by atoms with Gasteiger partial charge in [0.15, 0.2) is 0 Å². The summed E-state index contributed by atoms with van der Waals surface area (Å²) < 4.78 is 11.1. The summed E-state index contributed by atoms with van der Waals surface area (Å²) in [6.07, 6.45) is 4.43. The van der Waals surface area contributed by atoms with E-state index in [4.69, 9.17) is 9.47 Å². The van der Waals surface area contributed by atoms with Gasteiger partial charge < -0.3 is 14.4 Å². The molecule has 25 heavy (non-hydrogen) atoms. The Hall–Kier alpha value is -2.05. The minimum atomic E-state index is 0.000459. The van der Waals surface area contributed by atoms with Gasteiger partial charge in [0.05, 0.1) is 25.4 Å². The third-order valence-electron chi connectivity index (χ3n) is 4.24. The van der Waals surface area contributed by atoms with Crippen LogP contribution in [0.25, 0.3) is 0 Å². The van der Waals surface area contributed by atoms with Crippen LogP contribution in [0.3, 0.4) is 0 Å². The Morgan fingerprint density at radius 3 is 2.88 bits per heavy atom. The van der Waals surface area contributed by atoms with Crippen LogP contribution < -0.4 is 4.74 Å². The second-order valence-corrected chi connectivity index (χ2v) is 6.65. The number of nitrogens with zero attached hydrogens (tertiary/aromatic N) is 2. The maximum Gasteiger partial charge on any atom is 0.256 e. The van der Waals surface area contributed by atoms with Crippen LogP contribution in [0.5, 0.6) is 5.75 Å². The standard InChI is InChI=1S/C19H22N2O3S/c1-23-15-7-5-14(6-8-15)12-16-13-21(10-11-24-16)19(22)17-4-3-9-20-18(17)25-2/h3-9,16H,10-13H2,1-2H3. The highest BCUT2D eigenvalue weighted by Gasteiger charge is 2.26. The minimum Gasteiger partial charge on any atom is -0.497 e. The number of methoxy groups -OCH3 is 1. The third-order valence-corrected chi connectivity index (χ3v) is 4.96. The number of hydrogen-bond acceptors (Lipinski definition) is 5. The molecule has 1 fully saturated rings. The quantitative estimate of drug-likeness (QED) is 0.769. The highest BCUT2D eigenvalue weighted by atomic mass is 32.2. The topological polar surface area (TPSA) is 51.7 Å². The number of thioether (sulfide) groups is 1. The van der Waals surface area contributed by atoms with Crippen LogP contribution in [0.15, 0.2) is 47.6 Å². The molecule has 1 aromatic carbocycles. The monoisotopic (exact) mass is 358 g/mol.